The first kappa shape index (κ1) is 24.2. The van der Waals surface area contributed by atoms with Crippen molar-refractivity contribution in [2.45, 2.75) is 13.3 Å². The van der Waals surface area contributed by atoms with Crippen LogP contribution in [0.4, 0.5) is 5.69 Å². The zero-order valence-corrected chi connectivity index (χ0v) is 19.3. The van der Waals surface area contributed by atoms with E-state index in [0.29, 0.717) is 32.9 Å². The SMILES string of the molecule is C=CCc1cc(/C=C(/C#N)C(=O)Nc2ccc(C)c(Cl)c2)cc(Br)c1OCC(=O)OC. The van der Waals surface area contributed by atoms with Crippen molar-refractivity contribution < 1.29 is 19.1 Å². The Morgan fingerprint density at radius 1 is 1.32 bits per heavy atom. The Kier molecular flexibility index (Phi) is 8.86. The predicted octanol–water partition coefficient (Wildman–Crippen LogP) is 5.24. The quantitative estimate of drug-likeness (QED) is 0.230. The standard InChI is InChI=1S/C23H20BrClN2O4/c1-4-5-16-8-15(10-19(24)22(16)31-13-21(28)30-3)9-17(12-26)23(29)27-18-7-6-14(2)20(25)11-18/h4,6-11H,1,5,13H2,2-3H3,(H,27,29)/b17-9-. The molecule has 0 unspecified atom stereocenters. The van der Waals surface area contributed by atoms with Gasteiger partial charge in [-0.1, -0.05) is 23.7 Å². The maximum Gasteiger partial charge on any atom is 0.343 e. The maximum atomic E-state index is 12.6. The van der Waals surface area contributed by atoms with Crippen LogP contribution in [0.25, 0.3) is 6.08 Å². The lowest BCUT2D eigenvalue weighted by atomic mass is 10.0. The molecule has 0 aliphatic rings. The molecule has 1 N–H and O–H groups in total. The van der Waals surface area contributed by atoms with Gasteiger partial charge in [0.05, 0.1) is 11.6 Å². The zero-order chi connectivity index (χ0) is 23.0. The summed E-state index contributed by atoms with van der Waals surface area (Å²) in [5, 5.41) is 12.7. The van der Waals surface area contributed by atoms with E-state index in [-0.39, 0.29) is 12.2 Å². The number of nitrogens with zero attached hydrogens (tertiary/aromatic N) is 1. The molecule has 0 heterocycles. The van der Waals surface area contributed by atoms with Crippen LogP contribution < -0.4 is 10.1 Å². The molecule has 0 atom stereocenters. The number of nitrogens with one attached hydrogen (secondary N) is 1. The van der Waals surface area contributed by atoms with Crippen molar-refractivity contribution in [3.63, 3.8) is 0 Å². The van der Waals surface area contributed by atoms with Gasteiger partial charge in [-0.25, -0.2) is 4.79 Å². The number of halogens is 2. The van der Waals surface area contributed by atoms with Crippen LogP contribution in [-0.2, 0) is 20.7 Å². The van der Waals surface area contributed by atoms with Crippen molar-refractivity contribution in [2.24, 2.45) is 0 Å². The number of rotatable bonds is 8. The number of carbonyl (C=O) groups is 2. The first-order valence-corrected chi connectivity index (χ1v) is 10.3. The number of amides is 1. The molecular weight excluding hydrogens is 484 g/mol. The number of hydrogen-bond acceptors (Lipinski definition) is 5. The van der Waals surface area contributed by atoms with Gasteiger partial charge in [0, 0.05) is 10.7 Å². The summed E-state index contributed by atoms with van der Waals surface area (Å²) in [6.45, 7) is 5.33. The number of nitriles is 1. The van der Waals surface area contributed by atoms with Crippen molar-refractivity contribution in [3.8, 4) is 11.8 Å². The average Bonchev–Trinajstić information content (AvgIpc) is 2.73. The third-order valence-corrected chi connectivity index (χ3v) is 5.17. The Morgan fingerprint density at radius 3 is 2.68 bits per heavy atom. The Labute approximate surface area is 194 Å². The van der Waals surface area contributed by atoms with Gasteiger partial charge >= 0.3 is 5.97 Å². The molecule has 6 nitrogen and oxygen atoms in total. The van der Waals surface area contributed by atoms with Crippen LogP contribution in [0.2, 0.25) is 5.02 Å². The monoisotopic (exact) mass is 502 g/mol. The van der Waals surface area contributed by atoms with E-state index in [0.717, 1.165) is 11.1 Å². The molecule has 0 fully saturated rings. The summed E-state index contributed by atoms with van der Waals surface area (Å²) in [6, 6.07) is 10.5. The number of ether oxygens (including phenoxy) is 2. The first-order chi connectivity index (χ1) is 14.8. The van der Waals surface area contributed by atoms with Gasteiger partial charge < -0.3 is 14.8 Å². The molecule has 0 aliphatic carbocycles. The third kappa shape index (κ3) is 6.71. The van der Waals surface area contributed by atoms with E-state index in [9.17, 15) is 14.9 Å². The van der Waals surface area contributed by atoms with Gasteiger partial charge in [0.1, 0.15) is 17.4 Å². The van der Waals surface area contributed by atoms with Gasteiger partial charge in [-0.05, 0) is 76.3 Å². The molecule has 0 aromatic heterocycles. The van der Waals surface area contributed by atoms with E-state index < -0.39 is 11.9 Å². The summed E-state index contributed by atoms with van der Waals surface area (Å²) in [4.78, 5) is 24.0. The molecule has 0 radical (unpaired) electrons. The van der Waals surface area contributed by atoms with Crippen LogP contribution in [0.15, 0.2) is 53.0 Å². The van der Waals surface area contributed by atoms with E-state index in [1.807, 2.05) is 13.0 Å². The molecule has 1 amide bonds. The lowest BCUT2D eigenvalue weighted by molar-refractivity contribution is -0.142. The highest BCUT2D eigenvalue weighted by molar-refractivity contribution is 9.10. The first-order valence-electron chi connectivity index (χ1n) is 9.11. The summed E-state index contributed by atoms with van der Waals surface area (Å²) in [5.74, 6) is -0.616. The summed E-state index contributed by atoms with van der Waals surface area (Å²) in [6.07, 6.45) is 3.60. The molecule has 8 heteroatoms. The summed E-state index contributed by atoms with van der Waals surface area (Å²) < 4.78 is 10.7. The molecule has 31 heavy (non-hydrogen) atoms. The summed E-state index contributed by atoms with van der Waals surface area (Å²) >= 11 is 9.51. The number of allylic oxidation sites excluding steroid dienone is 1. The Balaban J connectivity index is 2.32. The van der Waals surface area contributed by atoms with Crippen molar-refractivity contribution in [1.29, 1.82) is 5.26 Å². The minimum absolute atomic E-state index is 0.0867. The molecule has 2 aromatic rings. The van der Waals surface area contributed by atoms with Gasteiger partial charge in [0.25, 0.3) is 5.91 Å². The third-order valence-electron chi connectivity index (χ3n) is 4.17. The number of benzene rings is 2. The molecule has 160 valence electrons. The second-order valence-corrected chi connectivity index (χ2v) is 7.70. The van der Waals surface area contributed by atoms with E-state index in [4.69, 9.17) is 16.3 Å². The van der Waals surface area contributed by atoms with Gasteiger partial charge in [-0.15, -0.1) is 6.58 Å². The summed E-state index contributed by atoms with van der Waals surface area (Å²) in [5.41, 5.74) is 2.60. The molecule has 2 rings (SSSR count). The second kappa shape index (κ2) is 11.3. The minimum Gasteiger partial charge on any atom is -0.480 e. The fraction of sp³-hybridized carbons (Fsp3) is 0.174. The number of methoxy groups -OCH3 is 1. The highest BCUT2D eigenvalue weighted by Crippen LogP contribution is 2.32. The number of hydrogen-bond donors (Lipinski definition) is 1. The van der Waals surface area contributed by atoms with Crippen molar-refractivity contribution in [3.05, 3.63) is 74.7 Å². The minimum atomic E-state index is -0.560. The van der Waals surface area contributed by atoms with Gasteiger partial charge in [-0.3, -0.25) is 4.79 Å². The number of aryl methyl sites for hydroxylation is 1. The number of esters is 1. The van der Waals surface area contributed by atoms with Gasteiger partial charge in [0.2, 0.25) is 0 Å². The normalized spacial score (nSPS) is 10.7. The molecule has 0 saturated heterocycles. The number of anilines is 1. The smallest absolute Gasteiger partial charge is 0.343 e. The van der Waals surface area contributed by atoms with Crippen molar-refractivity contribution in [2.75, 3.05) is 19.0 Å². The van der Waals surface area contributed by atoms with Crippen molar-refractivity contribution in [1.82, 2.24) is 0 Å². The van der Waals surface area contributed by atoms with Crippen LogP contribution in [0, 0.1) is 18.3 Å². The molecular formula is C23H20BrClN2O4. The Bertz CT molecular complexity index is 1090. The fourth-order valence-electron chi connectivity index (χ4n) is 2.60. The molecule has 0 bridgehead atoms. The van der Waals surface area contributed by atoms with E-state index in [1.54, 1.807) is 36.4 Å². The highest BCUT2D eigenvalue weighted by Gasteiger charge is 2.14. The van der Waals surface area contributed by atoms with Crippen LogP contribution in [0.3, 0.4) is 0 Å². The number of carbonyl (C=O) groups excluding carboxylic acids is 2. The molecule has 2 aromatic carbocycles. The van der Waals surface area contributed by atoms with Gasteiger partial charge in [-0.2, -0.15) is 5.26 Å². The molecule has 0 aliphatic heterocycles. The van der Waals surface area contributed by atoms with Crippen LogP contribution >= 0.6 is 27.5 Å². The van der Waals surface area contributed by atoms with E-state index >= 15 is 0 Å². The Hall–Kier alpha value is -3.08. The van der Waals surface area contributed by atoms with Crippen LogP contribution in [-0.4, -0.2) is 25.6 Å². The van der Waals surface area contributed by atoms with Crippen molar-refractivity contribution >= 4 is 51.2 Å². The van der Waals surface area contributed by atoms with Crippen LogP contribution in [0.5, 0.6) is 5.75 Å². The fourth-order valence-corrected chi connectivity index (χ4v) is 3.41. The molecule has 0 saturated carbocycles. The highest BCUT2D eigenvalue weighted by atomic mass is 79.9. The summed E-state index contributed by atoms with van der Waals surface area (Å²) in [7, 11) is 1.28. The lowest BCUT2D eigenvalue weighted by Gasteiger charge is -2.13. The lowest BCUT2D eigenvalue weighted by Crippen LogP contribution is -2.14. The largest absolute Gasteiger partial charge is 0.480 e. The maximum absolute atomic E-state index is 12.6. The average molecular weight is 504 g/mol. The predicted molar refractivity (Wildman–Crippen MR) is 124 cm³/mol. The second-order valence-electron chi connectivity index (χ2n) is 6.44. The van der Waals surface area contributed by atoms with Crippen LogP contribution in [0.1, 0.15) is 16.7 Å². The van der Waals surface area contributed by atoms with E-state index in [2.05, 4.69) is 32.6 Å². The van der Waals surface area contributed by atoms with E-state index in [1.165, 1.54) is 13.2 Å². The topological polar surface area (TPSA) is 88.4 Å². The van der Waals surface area contributed by atoms with Gasteiger partial charge in [0.15, 0.2) is 6.61 Å². The molecule has 0 spiro atoms. The zero-order valence-electron chi connectivity index (χ0n) is 17.0. The Morgan fingerprint density at radius 2 is 2.06 bits per heavy atom.